The fraction of sp³-hybridized carbons (Fsp3) is 0.700. The lowest BCUT2D eigenvalue weighted by Gasteiger charge is -2.32. The molecule has 0 spiro atoms. The molecule has 0 atom stereocenters. The number of amides is 1. The van der Waals surface area contributed by atoms with E-state index in [2.05, 4.69) is 6.58 Å². The summed E-state index contributed by atoms with van der Waals surface area (Å²) in [7, 11) is 0. The maximum absolute atomic E-state index is 11.6. The molecule has 0 saturated heterocycles. The summed E-state index contributed by atoms with van der Waals surface area (Å²) in [6.45, 7) is 10.3. The lowest BCUT2D eigenvalue weighted by molar-refractivity contribution is -0.147. The van der Waals surface area contributed by atoms with Gasteiger partial charge in [0.25, 0.3) is 0 Å². The van der Waals surface area contributed by atoms with E-state index in [4.69, 9.17) is 5.73 Å². The molecular weight excluding hydrogens is 178 g/mol. The number of hydrogen-bond acceptors (Lipinski definition) is 3. The summed E-state index contributed by atoms with van der Waals surface area (Å²) in [5.41, 5.74) is 5.35. The Morgan fingerprint density at radius 3 is 2.36 bits per heavy atom. The van der Waals surface area contributed by atoms with Crippen LogP contribution in [-0.4, -0.2) is 42.1 Å². The summed E-state index contributed by atoms with van der Waals surface area (Å²) in [5.74, 6) is 0.0658. The number of carbonyl (C=O) groups excluding carboxylic acids is 1. The standard InChI is InChI=1S/C10H21N3O/c1-4-9-13(10(14)7-8-11)12(5-2)6-3/h4H,1,5-9,11H2,2-3H3. The molecule has 0 aliphatic carbocycles. The summed E-state index contributed by atoms with van der Waals surface area (Å²) in [6, 6.07) is 0. The molecule has 0 aromatic heterocycles. The van der Waals surface area contributed by atoms with E-state index in [1.807, 2.05) is 18.9 Å². The molecule has 0 rings (SSSR count). The first-order valence-electron chi connectivity index (χ1n) is 5.07. The molecule has 0 aromatic carbocycles. The van der Waals surface area contributed by atoms with Crippen LogP contribution in [0.15, 0.2) is 12.7 Å². The van der Waals surface area contributed by atoms with E-state index in [1.54, 1.807) is 11.1 Å². The van der Waals surface area contributed by atoms with Gasteiger partial charge in [0.05, 0.1) is 6.54 Å². The van der Waals surface area contributed by atoms with Crippen LogP contribution < -0.4 is 5.73 Å². The Morgan fingerprint density at radius 1 is 1.43 bits per heavy atom. The minimum atomic E-state index is 0.0658. The monoisotopic (exact) mass is 199 g/mol. The zero-order chi connectivity index (χ0) is 11.0. The van der Waals surface area contributed by atoms with E-state index >= 15 is 0 Å². The Kier molecular flexibility index (Phi) is 7.06. The lowest BCUT2D eigenvalue weighted by Crippen LogP contribution is -2.46. The summed E-state index contributed by atoms with van der Waals surface area (Å²) >= 11 is 0. The molecule has 1 amide bonds. The minimum Gasteiger partial charge on any atom is -0.330 e. The number of carbonyl (C=O) groups is 1. The molecule has 14 heavy (non-hydrogen) atoms. The molecule has 0 heterocycles. The molecule has 0 unspecified atom stereocenters. The highest BCUT2D eigenvalue weighted by molar-refractivity contribution is 5.76. The zero-order valence-electron chi connectivity index (χ0n) is 9.20. The molecule has 0 aliphatic heterocycles. The van der Waals surface area contributed by atoms with Crippen molar-refractivity contribution >= 4 is 5.91 Å². The SMILES string of the molecule is C=CCN(C(=O)CCN)N(CC)CC. The molecule has 4 nitrogen and oxygen atoms in total. The Hall–Kier alpha value is -0.870. The lowest BCUT2D eigenvalue weighted by atomic mass is 10.4. The van der Waals surface area contributed by atoms with Gasteiger partial charge in [-0.25, -0.2) is 5.01 Å². The Balaban J connectivity index is 4.38. The third-order valence-corrected chi connectivity index (χ3v) is 2.02. The first-order chi connectivity index (χ1) is 6.71. The Labute approximate surface area is 86.3 Å². The second kappa shape index (κ2) is 7.53. The molecule has 0 aliphatic rings. The Morgan fingerprint density at radius 2 is 2.00 bits per heavy atom. The van der Waals surface area contributed by atoms with Gasteiger partial charge in [-0.1, -0.05) is 19.9 Å². The normalized spacial score (nSPS) is 10.3. The van der Waals surface area contributed by atoms with Crippen molar-refractivity contribution in [1.29, 1.82) is 0 Å². The average Bonchev–Trinajstić information content (AvgIpc) is 2.18. The second-order valence-electron chi connectivity index (χ2n) is 2.94. The van der Waals surface area contributed by atoms with Gasteiger partial charge in [0.15, 0.2) is 0 Å². The predicted molar refractivity (Wildman–Crippen MR) is 58.5 cm³/mol. The summed E-state index contributed by atoms with van der Waals surface area (Å²) in [4.78, 5) is 11.6. The quantitative estimate of drug-likeness (QED) is 0.482. The summed E-state index contributed by atoms with van der Waals surface area (Å²) in [5, 5.41) is 3.69. The molecule has 0 aromatic rings. The highest BCUT2D eigenvalue weighted by Crippen LogP contribution is 2.01. The molecule has 2 N–H and O–H groups in total. The van der Waals surface area contributed by atoms with Crippen LogP contribution >= 0.6 is 0 Å². The third-order valence-electron chi connectivity index (χ3n) is 2.02. The van der Waals surface area contributed by atoms with Crippen molar-refractivity contribution in [1.82, 2.24) is 10.0 Å². The van der Waals surface area contributed by atoms with Crippen LogP contribution in [0.25, 0.3) is 0 Å². The van der Waals surface area contributed by atoms with Crippen LogP contribution in [0.4, 0.5) is 0 Å². The molecule has 0 radical (unpaired) electrons. The van der Waals surface area contributed by atoms with Crippen LogP contribution in [0, 0.1) is 0 Å². The smallest absolute Gasteiger partial charge is 0.238 e. The number of hydrogen-bond donors (Lipinski definition) is 1. The van der Waals surface area contributed by atoms with Crippen molar-refractivity contribution < 1.29 is 4.79 Å². The van der Waals surface area contributed by atoms with Gasteiger partial charge in [0.2, 0.25) is 5.91 Å². The van der Waals surface area contributed by atoms with Crippen molar-refractivity contribution in [2.75, 3.05) is 26.2 Å². The predicted octanol–water partition coefficient (Wildman–Crippen LogP) is 0.607. The largest absolute Gasteiger partial charge is 0.330 e. The van der Waals surface area contributed by atoms with Crippen LogP contribution in [-0.2, 0) is 4.79 Å². The Bertz CT molecular complexity index is 178. The maximum atomic E-state index is 11.6. The van der Waals surface area contributed by atoms with Gasteiger partial charge in [-0.2, -0.15) is 0 Å². The molecule has 0 saturated carbocycles. The maximum Gasteiger partial charge on any atom is 0.238 e. The molecule has 0 bridgehead atoms. The average molecular weight is 199 g/mol. The molecule has 82 valence electrons. The van der Waals surface area contributed by atoms with Gasteiger partial charge in [0.1, 0.15) is 0 Å². The fourth-order valence-corrected chi connectivity index (χ4v) is 1.31. The van der Waals surface area contributed by atoms with Gasteiger partial charge < -0.3 is 5.73 Å². The van der Waals surface area contributed by atoms with Gasteiger partial charge in [0, 0.05) is 26.1 Å². The van der Waals surface area contributed by atoms with E-state index in [-0.39, 0.29) is 5.91 Å². The van der Waals surface area contributed by atoms with Crippen molar-refractivity contribution in [3.8, 4) is 0 Å². The van der Waals surface area contributed by atoms with E-state index in [1.165, 1.54) is 0 Å². The second-order valence-corrected chi connectivity index (χ2v) is 2.94. The van der Waals surface area contributed by atoms with E-state index in [0.29, 0.717) is 19.5 Å². The number of rotatable bonds is 7. The fourth-order valence-electron chi connectivity index (χ4n) is 1.31. The molecular formula is C10H21N3O. The molecule has 4 heteroatoms. The highest BCUT2D eigenvalue weighted by Gasteiger charge is 2.16. The zero-order valence-corrected chi connectivity index (χ0v) is 9.20. The number of hydrazine groups is 1. The van der Waals surface area contributed by atoms with Crippen molar-refractivity contribution in [2.24, 2.45) is 5.73 Å². The third kappa shape index (κ3) is 3.89. The van der Waals surface area contributed by atoms with E-state index in [0.717, 1.165) is 13.1 Å². The molecule has 0 fully saturated rings. The first kappa shape index (κ1) is 13.1. The van der Waals surface area contributed by atoms with Gasteiger partial charge >= 0.3 is 0 Å². The van der Waals surface area contributed by atoms with E-state index < -0.39 is 0 Å². The van der Waals surface area contributed by atoms with Crippen LogP contribution in [0.5, 0.6) is 0 Å². The number of nitrogens with two attached hydrogens (primary N) is 1. The van der Waals surface area contributed by atoms with Gasteiger partial charge in [-0.15, -0.1) is 6.58 Å². The van der Waals surface area contributed by atoms with Crippen LogP contribution in [0.2, 0.25) is 0 Å². The van der Waals surface area contributed by atoms with Crippen molar-refractivity contribution in [3.05, 3.63) is 12.7 Å². The van der Waals surface area contributed by atoms with Crippen LogP contribution in [0.3, 0.4) is 0 Å². The highest BCUT2D eigenvalue weighted by atomic mass is 16.2. The minimum absolute atomic E-state index is 0.0658. The summed E-state index contributed by atoms with van der Waals surface area (Å²) in [6.07, 6.45) is 2.12. The van der Waals surface area contributed by atoms with Gasteiger partial charge in [-0.05, 0) is 0 Å². The van der Waals surface area contributed by atoms with Crippen molar-refractivity contribution in [2.45, 2.75) is 20.3 Å². The topological polar surface area (TPSA) is 49.6 Å². The van der Waals surface area contributed by atoms with Crippen molar-refractivity contribution in [3.63, 3.8) is 0 Å². The first-order valence-corrected chi connectivity index (χ1v) is 5.07. The van der Waals surface area contributed by atoms with E-state index in [9.17, 15) is 4.79 Å². The van der Waals surface area contributed by atoms with Crippen LogP contribution in [0.1, 0.15) is 20.3 Å². The summed E-state index contributed by atoms with van der Waals surface area (Å²) < 4.78 is 0. The number of nitrogens with zero attached hydrogens (tertiary/aromatic N) is 2. The van der Waals surface area contributed by atoms with Gasteiger partial charge in [-0.3, -0.25) is 9.80 Å².